The number of benzene rings is 2. The van der Waals surface area contributed by atoms with Crippen molar-refractivity contribution >= 4 is 29.6 Å². The number of carboxylic acids is 1. The van der Waals surface area contributed by atoms with Gasteiger partial charge in [-0.05, 0) is 54.8 Å². The first-order chi connectivity index (χ1) is 14.8. The van der Waals surface area contributed by atoms with Crippen LogP contribution in [-0.2, 0) is 16.2 Å². The Labute approximate surface area is 184 Å². The van der Waals surface area contributed by atoms with E-state index in [2.05, 4.69) is 5.32 Å². The number of hydrogen-bond donors (Lipinski definition) is 2. The smallest absolute Gasteiger partial charge is 0.329 e. The number of rotatable bonds is 8. The fraction of sp³-hybridized carbons (Fsp3) is 0.304. The minimum atomic E-state index is -1.19. The number of nitrogens with one attached hydrogen (secondary N) is 1. The van der Waals surface area contributed by atoms with Crippen molar-refractivity contribution in [2.45, 2.75) is 37.8 Å². The lowest BCUT2D eigenvalue weighted by molar-refractivity contribution is -0.146. The highest BCUT2D eigenvalue weighted by molar-refractivity contribution is 6.31. The van der Waals surface area contributed by atoms with Crippen molar-refractivity contribution in [1.82, 2.24) is 5.32 Å². The number of hydrogen-bond acceptors (Lipinski definition) is 4. The Balaban J connectivity index is 1.67. The quantitative estimate of drug-likeness (QED) is 0.578. The lowest BCUT2D eigenvalue weighted by atomic mass is 9.98. The van der Waals surface area contributed by atoms with Gasteiger partial charge in [-0.2, -0.15) is 0 Å². The standard InChI is InChI=1S/C23H23ClFNO5/c1-30-20-12-15(5-9-21(27)26-23(22(28)29)10-2-3-11-23)4-8-19(20)31-14-16-13-17(25)6-7-18(16)24/h4-9,12-13H,2-3,10-11,14H2,1H3,(H,26,27)(H,28,29). The Morgan fingerprint density at radius 3 is 2.61 bits per heavy atom. The minimum Gasteiger partial charge on any atom is -0.493 e. The lowest BCUT2D eigenvalue weighted by Crippen LogP contribution is -2.52. The molecule has 6 nitrogen and oxygen atoms in total. The van der Waals surface area contributed by atoms with Gasteiger partial charge in [0.2, 0.25) is 5.91 Å². The molecule has 2 aromatic carbocycles. The van der Waals surface area contributed by atoms with Crippen LogP contribution in [0.1, 0.15) is 36.8 Å². The number of ether oxygens (including phenoxy) is 2. The molecule has 0 heterocycles. The number of carbonyl (C=O) groups excluding carboxylic acids is 1. The van der Waals surface area contributed by atoms with Gasteiger partial charge >= 0.3 is 5.97 Å². The maximum absolute atomic E-state index is 13.4. The molecule has 1 amide bonds. The van der Waals surface area contributed by atoms with Crippen LogP contribution in [0.4, 0.5) is 4.39 Å². The number of methoxy groups -OCH3 is 1. The Kier molecular flexibility index (Phi) is 7.17. The number of amides is 1. The van der Waals surface area contributed by atoms with Crippen LogP contribution in [0, 0.1) is 5.82 Å². The van der Waals surface area contributed by atoms with E-state index >= 15 is 0 Å². The van der Waals surface area contributed by atoms with Crippen LogP contribution >= 0.6 is 11.6 Å². The van der Waals surface area contributed by atoms with Crippen LogP contribution in [0.2, 0.25) is 5.02 Å². The molecule has 0 unspecified atom stereocenters. The fourth-order valence-electron chi connectivity index (χ4n) is 3.54. The van der Waals surface area contributed by atoms with E-state index in [1.807, 2.05) is 0 Å². The van der Waals surface area contributed by atoms with E-state index in [0.29, 0.717) is 40.5 Å². The second-order valence-corrected chi connectivity index (χ2v) is 7.76. The van der Waals surface area contributed by atoms with E-state index in [4.69, 9.17) is 21.1 Å². The minimum absolute atomic E-state index is 0.0574. The fourth-order valence-corrected chi connectivity index (χ4v) is 3.71. The molecule has 1 aliphatic rings. The average Bonchev–Trinajstić information content (AvgIpc) is 3.23. The van der Waals surface area contributed by atoms with Crippen molar-refractivity contribution in [2.75, 3.05) is 7.11 Å². The second kappa shape index (κ2) is 9.83. The highest BCUT2D eigenvalue weighted by atomic mass is 35.5. The Morgan fingerprint density at radius 1 is 1.19 bits per heavy atom. The topological polar surface area (TPSA) is 84.9 Å². The summed E-state index contributed by atoms with van der Waals surface area (Å²) >= 11 is 6.06. The number of aliphatic carboxylic acids is 1. The van der Waals surface area contributed by atoms with Crippen molar-refractivity contribution in [2.24, 2.45) is 0 Å². The third-order valence-electron chi connectivity index (χ3n) is 5.23. The normalized spacial score (nSPS) is 15.1. The second-order valence-electron chi connectivity index (χ2n) is 7.35. The zero-order valence-electron chi connectivity index (χ0n) is 17.0. The van der Waals surface area contributed by atoms with E-state index < -0.39 is 23.2 Å². The molecule has 164 valence electrons. The van der Waals surface area contributed by atoms with Crippen molar-refractivity contribution in [3.8, 4) is 11.5 Å². The molecular formula is C23H23ClFNO5. The Morgan fingerprint density at radius 2 is 1.94 bits per heavy atom. The SMILES string of the molecule is COc1cc(C=CC(=O)NC2(C(=O)O)CCCC2)ccc1OCc1cc(F)ccc1Cl. The first-order valence-electron chi connectivity index (χ1n) is 9.81. The Hall–Kier alpha value is -3.06. The largest absolute Gasteiger partial charge is 0.493 e. The van der Waals surface area contributed by atoms with Gasteiger partial charge in [0.1, 0.15) is 18.0 Å². The van der Waals surface area contributed by atoms with Crippen molar-refractivity contribution < 1.29 is 28.6 Å². The van der Waals surface area contributed by atoms with Gasteiger partial charge in [-0.15, -0.1) is 0 Å². The number of carboxylic acid groups (broad SMARTS) is 1. The maximum Gasteiger partial charge on any atom is 0.329 e. The molecule has 3 rings (SSSR count). The van der Waals surface area contributed by atoms with Crippen LogP contribution in [0.5, 0.6) is 11.5 Å². The van der Waals surface area contributed by atoms with E-state index in [-0.39, 0.29) is 6.61 Å². The van der Waals surface area contributed by atoms with Gasteiger partial charge in [-0.25, -0.2) is 9.18 Å². The molecule has 1 aliphatic carbocycles. The summed E-state index contributed by atoms with van der Waals surface area (Å²) in [5.41, 5.74) is -0.0165. The summed E-state index contributed by atoms with van der Waals surface area (Å²) in [5, 5.41) is 12.5. The van der Waals surface area contributed by atoms with Crippen LogP contribution in [-0.4, -0.2) is 29.6 Å². The predicted molar refractivity (Wildman–Crippen MR) is 115 cm³/mol. The molecular weight excluding hydrogens is 425 g/mol. The predicted octanol–water partition coefficient (Wildman–Crippen LogP) is 4.59. The molecule has 0 aliphatic heterocycles. The van der Waals surface area contributed by atoms with Gasteiger partial charge in [-0.1, -0.05) is 30.5 Å². The highest BCUT2D eigenvalue weighted by Crippen LogP contribution is 2.31. The van der Waals surface area contributed by atoms with Gasteiger partial charge in [0, 0.05) is 16.7 Å². The summed E-state index contributed by atoms with van der Waals surface area (Å²) in [4.78, 5) is 23.8. The van der Waals surface area contributed by atoms with E-state index in [1.165, 1.54) is 31.4 Å². The highest BCUT2D eigenvalue weighted by Gasteiger charge is 2.42. The van der Waals surface area contributed by atoms with Gasteiger partial charge < -0.3 is 19.9 Å². The number of halogens is 2. The summed E-state index contributed by atoms with van der Waals surface area (Å²) in [6.45, 7) is 0.0574. The molecule has 0 spiro atoms. The monoisotopic (exact) mass is 447 g/mol. The maximum atomic E-state index is 13.4. The first kappa shape index (κ1) is 22.6. The molecule has 0 radical (unpaired) electrons. The van der Waals surface area contributed by atoms with Gasteiger partial charge in [0.15, 0.2) is 11.5 Å². The lowest BCUT2D eigenvalue weighted by Gasteiger charge is -2.24. The molecule has 1 fully saturated rings. The van der Waals surface area contributed by atoms with Crippen molar-refractivity contribution in [3.05, 3.63) is 64.4 Å². The van der Waals surface area contributed by atoms with Crippen LogP contribution in [0.3, 0.4) is 0 Å². The molecule has 0 saturated heterocycles. The molecule has 8 heteroatoms. The van der Waals surface area contributed by atoms with Crippen molar-refractivity contribution in [3.63, 3.8) is 0 Å². The van der Waals surface area contributed by atoms with Crippen LogP contribution < -0.4 is 14.8 Å². The van der Waals surface area contributed by atoms with E-state index in [0.717, 1.165) is 12.8 Å². The molecule has 0 atom stereocenters. The number of carbonyl (C=O) groups is 2. The van der Waals surface area contributed by atoms with Gasteiger partial charge in [-0.3, -0.25) is 4.79 Å². The van der Waals surface area contributed by atoms with E-state index in [1.54, 1.807) is 24.3 Å². The molecule has 0 bridgehead atoms. The van der Waals surface area contributed by atoms with Gasteiger partial charge in [0.05, 0.1) is 7.11 Å². The summed E-state index contributed by atoms with van der Waals surface area (Å²) in [5.74, 6) is -1.03. The van der Waals surface area contributed by atoms with E-state index in [9.17, 15) is 19.1 Å². The van der Waals surface area contributed by atoms with Gasteiger partial charge in [0.25, 0.3) is 0 Å². The third kappa shape index (κ3) is 5.55. The first-order valence-corrected chi connectivity index (χ1v) is 10.2. The molecule has 1 saturated carbocycles. The molecule has 2 aromatic rings. The molecule has 0 aromatic heterocycles. The summed E-state index contributed by atoms with van der Waals surface area (Å²) in [6.07, 6.45) is 5.26. The molecule has 31 heavy (non-hydrogen) atoms. The zero-order valence-corrected chi connectivity index (χ0v) is 17.7. The van der Waals surface area contributed by atoms with Crippen LogP contribution in [0.25, 0.3) is 6.08 Å². The third-order valence-corrected chi connectivity index (χ3v) is 5.60. The molecule has 2 N–H and O–H groups in total. The van der Waals surface area contributed by atoms with Crippen molar-refractivity contribution in [1.29, 1.82) is 0 Å². The zero-order chi connectivity index (χ0) is 22.4. The summed E-state index contributed by atoms with van der Waals surface area (Å²) < 4.78 is 24.5. The summed E-state index contributed by atoms with van der Waals surface area (Å²) in [6, 6.07) is 9.10. The van der Waals surface area contributed by atoms with Crippen LogP contribution in [0.15, 0.2) is 42.5 Å². The summed E-state index contributed by atoms with van der Waals surface area (Å²) in [7, 11) is 1.48. The Bertz CT molecular complexity index is 1000. The average molecular weight is 448 g/mol.